The molecule has 388 valence electrons. The number of amides is 6. The summed E-state index contributed by atoms with van der Waals surface area (Å²) in [6.45, 7) is 9.21. The number of hydrogen-bond donors (Lipinski definition) is 6. The second-order valence-corrected chi connectivity index (χ2v) is 21.1. The number of aliphatic hydroxyl groups is 1. The van der Waals surface area contributed by atoms with E-state index in [1.54, 1.807) is 22.9 Å². The number of carbonyl (C=O) groups is 6. The molecule has 0 radical (unpaired) electrons. The van der Waals surface area contributed by atoms with E-state index in [9.17, 15) is 38.3 Å². The highest BCUT2D eigenvalue weighted by Gasteiger charge is 2.45. The number of nitrogens with one attached hydrogen (secondary N) is 3. The van der Waals surface area contributed by atoms with Crippen molar-refractivity contribution in [2.45, 2.75) is 148 Å². The Kier molecular flexibility index (Phi) is 18.6. The number of para-hydroxylation sites is 1. The Hall–Kier alpha value is -5.95. The van der Waals surface area contributed by atoms with E-state index in [2.05, 4.69) is 20.9 Å². The van der Waals surface area contributed by atoms with E-state index in [0.717, 1.165) is 38.5 Å². The Morgan fingerprint density at radius 2 is 1.68 bits per heavy atom. The molecule has 19 heteroatoms. The number of unbranched alkanes of at least 4 members (excludes halogenated alkanes) is 2. The number of anilines is 1. The summed E-state index contributed by atoms with van der Waals surface area (Å²) in [5.41, 5.74) is 18.9. The summed E-state index contributed by atoms with van der Waals surface area (Å²) >= 11 is 1.56. The van der Waals surface area contributed by atoms with Gasteiger partial charge < -0.3 is 42.2 Å². The van der Waals surface area contributed by atoms with Gasteiger partial charge in [0.15, 0.2) is 0 Å². The standard InChI is InChI=1S/C53H67FN8O8S.ClH/c1-30(33-14-16-35(17-15-33)47-31(2)57-29-71-47)58-49(66)42-26-39(63)27-61(42)52(69)48(53(3,4)5)60-45(65)13-8-6-7-10-32-22-37(54)25-40(23-32)70-28-38(19-21-44(56)64)59-50(67)43-24-36-12-9-11-34-18-20-41(55)51(68)62(43)46(34)36;/h9,11-12,14-17,22-23,25,29-30,38-39,41-43,48,63H,6-8,10,13,18-21,24,26-28,55H2,1-5H3,(H2,56,64)(H,58,66)(H,59,67)(H,60,65);1H/t30-,38-,39+,41-,42-,43-,48+;/m0./s1. The minimum absolute atomic E-state index is 0. The SMILES string of the molecule is Cc1ncsc1-c1ccc([C@H](C)NC(=O)[C@@H]2C[C@@H](O)CN2C(=O)[C@@H](NC(=O)CCCCCc2cc(F)cc(OC[C@H](CCC(N)=O)NC(=O)[C@@H]3Cc4cccc5c4N3C(=O)[C@@H](N)CC5)c2)C(C)(C)C)cc1.Cl. The van der Waals surface area contributed by atoms with Crippen LogP contribution in [0.5, 0.6) is 5.75 Å². The third-order valence-electron chi connectivity index (χ3n) is 13.6. The maximum absolute atomic E-state index is 14.9. The molecular formula is C53H68ClFN8O8S. The van der Waals surface area contributed by atoms with Gasteiger partial charge in [0.2, 0.25) is 35.4 Å². The third-order valence-corrected chi connectivity index (χ3v) is 14.6. The zero-order chi connectivity index (χ0) is 51.1. The molecule has 1 aromatic heterocycles. The average Bonchev–Trinajstić information content (AvgIpc) is 4.04. The Bertz CT molecular complexity index is 2610. The van der Waals surface area contributed by atoms with Gasteiger partial charge in [0.05, 0.1) is 46.0 Å². The van der Waals surface area contributed by atoms with E-state index in [1.165, 1.54) is 21.9 Å². The number of rotatable bonds is 20. The number of aromatic nitrogens is 1. The minimum Gasteiger partial charge on any atom is -0.491 e. The summed E-state index contributed by atoms with van der Waals surface area (Å²) in [6.07, 6.45) is 3.04. The smallest absolute Gasteiger partial charge is 0.246 e. The minimum atomic E-state index is -0.962. The molecule has 3 aromatic carbocycles. The first-order valence-corrected chi connectivity index (χ1v) is 25.4. The van der Waals surface area contributed by atoms with Crippen LogP contribution in [-0.4, -0.2) is 99.9 Å². The molecule has 3 aliphatic heterocycles. The fraction of sp³-hybridized carbons (Fsp3) is 0.491. The molecule has 16 nitrogen and oxygen atoms in total. The van der Waals surface area contributed by atoms with E-state index in [4.69, 9.17) is 16.2 Å². The maximum Gasteiger partial charge on any atom is 0.246 e. The zero-order valence-corrected chi connectivity index (χ0v) is 43.2. The molecule has 1 fully saturated rings. The number of nitrogens with zero attached hydrogens (tertiary/aromatic N) is 3. The lowest BCUT2D eigenvalue weighted by atomic mass is 9.85. The number of hydrogen-bond acceptors (Lipinski definition) is 11. The number of aryl methyl sites for hydroxylation is 3. The summed E-state index contributed by atoms with van der Waals surface area (Å²) in [5.74, 6) is -2.75. The van der Waals surface area contributed by atoms with Crippen molar-refractivity contribution in [2.75, 3.05) is 18.1 Å². The van der Waals surface area contributed by atoms with Crippen molar-refractivity contribution in [3.05, 3.63) is 99.9 Å². The molecule has 0 saturated carbocycles. The highest BCUT2D eigenvalue weighted by Crippen LogP contribution is 2.39. The molecule has 72 heavy (non-hydrogen) atoms. The van der Waals surface area contributed by atoms with Crippen LogP contribution in [0.25, 0.3) is 10.4 Å². The van der Waals surface area contributed by atoms with Gasteiger partial charge >= 0.3 is 0 Å². The van der Waals surface area contributed by atoms with Gasteiger partial charge in [-0.2, -0.15) is 0 Å². The van der Waals surface area contributed by atoms with E-state index in [1.807, 2.05) is 77.1 Å². The zero-order valence-electron chi connectivity index (χ0n) is 41.6. The van der Waals surface area contributed by atoms with Gasteiger partial charge in [-0.05, 0) is 97.7 Å². The van der Waals surface area contributed by atoms with Gasteiger partial charge in [-0.1, -0.05) is 69.7 Å². The predicted molar refractivity (Wildman–Crippen MR) is 276 cm³/mol. The fourth-order valence-corrected chi connectivity index (χ4v) is 10.6. The second kappa shape index (κ2) is 24.2. The van der Waals surface area contributed by atoms with Gasteiger partial charge in [-0.25, -0.2) is 9.37 Å². The van der Waals surface area contributed by atoms with Crippen LogP contribution in [0.4, 0.5) is 10.1 Å². The number of β-amino-alcohol motifs (C(OH)–C–C–N with tert-alkyl or cyclic N) is 1. The van der Waals surface area contributed by atoms with Crippen LogP contribution in [-0.2, 0) is 48.0 Å². The molecule has 0 aliphatic carbocycles. The monoisotopic (exact) mass is 1030 g/mol. The van der Waals surface area contributed by atoms with Crippen LogP contribution >= 0.6 is 23.7 Å². The van der Waals surface area contributed by atoms with Gasteiger partial charge in [0.25, 0.3) is 0 Å². The first-order chi connectivity index (χ1) is 33.8. The van der Waals surface area contributed by atoms with Crippen molar-refractivity contribution in [1.29, 1.82) is 0 Å². The molecular weight excluding hydrogens is 963 g/mol. The van der Waals surface area contributed by atoms with Crippen LogP contribution in [0.15, 0.2) is 66.2 Å². The third kappa shape index (κ3) is 13.6. The van der Waals surface area contributed by atoms with Crippen LogP contribution < -0.4 is 37.1 Å². The van der Waals surface area contributed by atoms with Crippen molar-refractivity contribution in [3.8, 4) is 16.2 Å². The molecule has 4 aromatic rings. The van der Waals surface area contributed by atoms with Gasteiger partial charge in [-0.15, -0.1) is 23.7 Å². The molecule has 3 aliphatic rings. The van der Waals surface area contributed by atoms with Crippen LogP contribution in [0, 0.1) is 18.2 Å². The van der Waals surface area contributed by atoms with Gasteiger partial charge in [0, 0.05) is 38.3 Å². The molecule has 7 rings (SSSR count). The number of ether oxygens (including phenoxy) is 1. The van der Waals surface area contributed by atoms with Gasteiger partial charge in [-0.3, -0.25) is 33.7 Å². The summed E-state index contributed by atoms with van der Waals surface area (Å²) < 4.78 is 21.0. The molecule has 8 N–H and O–H groups in total. The summed E-state index contributed by atoms with van der Waals surface area (Å²) in [5, 5.41) is 19.6. The number of carbonyl (C=O) groups excluding carboxylic acids is 6. The van der Waals surface area contributed by atoms with E-state index < -0.39 is 65.3 Å². The summed E-state index contributed by atoms with van der Waals surface area (Å²) in [6, 6.07) is 13.5. The van der Waals surface area contributed by atoms with Crippen molar-refractivity contribution < 1.29 is 43.0 Å². The topological polar surface area (TPSA) is 239 Å². The van der Waals surface area contributed by atoms with Crippen LogP contribution in [0.2, 0.25) is 0 Å². The number of nitrogens with two attached hydrogens (primary N) is 2. The lowest BCUT2D eigenvalue weighted by molar-refractivity contribution is -0.144. The number of benzene rings is 3. The van der Waals surface area contributed by atoms with E-state index in [0.29, 0.717) is 50.5 Å². The lowest BCUT2D eigenvalue weighted by Crippen LogP contribution is -2.57. The van der Waals surface area contributed by atoms with Crippen molar-refractivity contribution in [2.24, 2.45) is 16.9 Å². The summed E-state index contributed by atoms with van der Waals surface area (Å²) in [7, 11) is 0. The highest BCUT2D eigenvalue weighted by atomic mass is 35.5. The van der Waals surface area contributed by atoms with E-state index in [-0.39, 0.29) is 80.8 Å². The second-order valence-electron chi connectivity index (χ2n) is 20.3. The maximum atomic E-state index is 14.9. The number of primary amides is 1. The summed E-state index contributed by atoms with van der Waals surface area (Å²) in [4.78, 5) is 88.6. The normalized spacial score (nSPS) is 19.6. The van der Waals surface area contributed by atoms with Crippen molar-refractivity contribution in [1.82, 2.24) is 25.8 Å². The quantitative estimate of drug-likeness (QED) is 0.0607. The Morgan fingerprint density at radius 1 is 0.958 bits per heavy atom. The first kappa shape index (κ1) is 55.4. The fourth-order valence-electron chi connectivity index (χ4n) is 9.76. The van der Waals surface area contributed by atoms with E-state index >= 15 is 0 Å². The first-order valence-electron chi connectivity index (χ1n) is 24.6. The van der Waals surface area contributed by atoms with Gasteiger partial charge in [0.1, 0.15) is 36.3 Å². The molecule has 0 spiro atoms. The highest BCUT2D eigenvalue weighted by molar-refractivity contribution is 7.13. The number of thiazole rings is 1. The molecule has 1 saturated heterocycles. The predicted octanol–water partition coefficient (Wildman–Crippen LogP) is 5.51. The van der Waals surface area contributed by atoms with Crippen LogP contribution in [0.1, 0.15) is 113 Å². The molecule has 7 atom stereocenters. The average molecular weight is 1030 g/mol. The van der Waals surface area contributed by atoms with Crippen molar-refractivity contribution >= 4 is 64.9 Å². The van der Waals surface area contributed by atoms with Crippen LogP contribution in [0.3, 0.4) is 0 Å². The van der Waals surface area contributed by atoms with Crippen molar-refractivity contribution in [3.63, 3.8) is 0 Å². The number of likely N-dealkylation sites (tertiary alicyclic amines) is 1. The Labute approximate surface area is 430 Å². The Morgan fingerprint density at radius 3 is 2.38 bits per heavy atom. The number of halogens is 2. The molecule has 4 heterocycles. The molecule has 6 amide bonds. The lowest BCUT2D eigenvalue weighted by Gasteiger charge is -2.35. The number of aliphatic hydroxyl groups excluding tert-OH is 1. The molecule has 0 unspecified atom stereocenters. The largest absolute Gasteiger partial charge is 0.491 e. The Balaban J connectivity index is 0.00000847. The molecule has 0 bridgehead atoms.